The van der Waals surface area contributed by atoms with E-state index in [0.29, 0.717) is 18.2 Å². The van der Waals surface area contributed by atoms with Crippen molar-refractivity contribution in [3.8, 4) is 10.7 Å². The molecule has 5 heteroatoms. The predicted octanol–water partition coefficient (Wildman–Crippen LogP) is 2.98. The van der Waals surface area contributed by atoms with Crippen LogP contribution < -0.4 is 5.32 Å². The molecule has 100 valence electrons. The van der Waals surface area contributed by atoms with Gasteiger partial charge in [0, 0.05) is 18.1 Å². The smallest absolute Gasteiger partial charge is 0.270 e. The van der Waals surface area contributed by atoms with E-state index in [1.165, 1.54) is 11.3 Å². The first kappa shape index (κ1) is 13.7. The van der Waals surface area contributed by atoms with Crippen LogP contribution in [0.5, 0.6) is 0 Å². The molecular weight excluding hydrogens is 258 g/mol. The van der Waals surface area contributed by atoms with Crippen LogP contribution in [0.25, 0.3) is 10.7 Å². The largest absolute Gasteiger partial charge is 0.351 e. The van der Waals surface area contributed by atoms with Crippen LogP contribution in [0.2, 0.25) is 0 Å². The van der Waals surface area contributed by atoms with Crippen LogP contribution in [0.3, 0.4) is 0 Å². The summed E-state index contributed by atoms with van der Waals surface area (Å²) in [6, 6.07) is 5.65. The number of nitrogens with one attached hydrogen (secondary N) is 1. The van der Waals surface area contributed by atoms with Gasteiger partial charge in [0.2, 0.25) is 0 Å². The Morgan fingerprint density at radius 3 is 2.95 bits per heavy atom. The van der Waals surface area contributed by atoms with Crippen LogP contribution in [-0.2, 0) is 0 Å². The molecule has 0 fully saturated rings. The third-order valence-electron chi connectivity index (χ3n) is 2.63. The monoisotopic (exact) mass is 275 g/mol. The zero-order chi connectivity index (χ0) is 13.7. The Balaban J connectivity index is 1.99. The minimum absolute atomic E-state index is 0.112. The van der Waals surface area contributed by atoms with E-state index in [-0.39, 0.29) is 5.91 Å². The number of hydrogen-bond donors (Lipinski definition) is 1. The fourth-order valence-electron chi connectivity index (χ4n) is 1.55. The molecule has 0 aliphatic carbocycles. The topological polar surface area (TPSA) is 54.9 Å². The summed E-state index contributed by atoms with van der Waals surface area (Å²) in [5.41, 5.74) is 1.27. The number of amides is 1. The van der Waals surface area contributed by atoms with Crippen LogP contribution in [0.1, 0.15) is 30.8 Å². The van der Waals surface area contributed by atoms with E-state index in [1.54, 1.807) is 11.6 Å². The van der Waals surface area contributed by atoms with Crippen molar-refractivity contribution in [2.75, 3.05) is 6.54 Å². The first-order valence-corrected chi connectivity index (χ1v) is 7.20. The van der Waals surface area contributed by atoms with Gasteiger partial charge in [-0.05, 0) is 24.5 Å². The van der Waals surface area contributed by atoms with E-state index < -0.39 is 0 Å². The van der Waals surface area contributed by atoms with Gasteiger partial charge in [-0.25, -0.2) is 4.98 Å². The van der Waals surface area contributed by atoms with E-state index in [2.05, 4.69) is 29.1 Å². The number of hydrogen-bond acceptors (Lipinski definition) is 4. The van der Waals surface area contributed by atoms with Crippen LogP contribution in [0.4, 0.5) is 0 Å². The highest BCUT2D eigenvalue weighted by Crippen LogP contribution is 2.21. The Hall–Kier alpha value is -1.75. The molecule has 0 radical (unpaired) electrons. The lowest BCUT2D eigenvalue weighted by atomic mass is 10.1. The highest BCUT2D eigenvalue weighted by Gasteiger charge is 2.11. The SMILES string of the molecule is CC(C)CCNC(=O)c1csc(-c2ccccn2)n1. The third-order valence-corrected chi connectivity index (χ3v) is 3.49. The van der Waals surface area contributed by atoms with Crippen LogP contribution in [-0.4, -0.2) is 22.4 Å². The molecule has 1 N–H and O–H groups in total. The molecule has 0 aliphatic heterocycles. The Morgan fingerprint density at radius 2 is 2.26 bits per heavy atom. The molecule has 0 saturated carbocycles. The summed E-state index contributed by atoms with van der Waals surface area (Å²) in [4.78, 5) is 20.4. The van der Waals surface area contributed by atoms with Crippen LogP contribution in [0, 0.1) is 5.92 Å². The minimum Gasteiger partial charge on any atom is -0.351 e. The fourth-order valence-corrected chi connectivity index (χ4v) is 2.33. The lowest BCUT2D eigenvalue weighted by molar-refractivity contribution is 0.0948. The maximum atomic E-state index is 11.9. The summed E-state index contributed by atoms with van der Waals surface area (Å²) in [5, 5.41) is 5.43. The molecule has 0 aromatic carbocycles. The zero-order valence-electron chi connectivity index (χ0n) is 11.1. The van der Waals surface area contributed by atoms with Crippen molar-refractivity contribution < 1.29 is 4.79 Å². The van der Waals surface area contributed by atoms with Crippen molar-refractivity contribution >= 4 is 17.2 Å². The van der Waals surface area contributed by atoms with Crippen molar-refractivity contribution in [1.82, 2.24) is 15.3 Å². The highest BCUT2D eigenvalue weighted by atomic mass is 32.1. The number of pyridine rings is 1. The quantitative estimate of drug-likeness (QED) is 0.912. The van der Waals surface area contributed by atoms with Crippen LogP contribution in [0.15, 0.2) is 29.8 Å². The van der Waals surface area contributed by atoms with Gasteiger partial charge in [-0.2, -0.15) is 0 Å². The number of carbonyl (C=O) groups is 1. The molecule has 0 aliphatic rings. The second-order valence-corrected chi connectivity index (χ2v) is 5.55. The lowest BCUT2D eigenvalue weighted by Crippen LogP contribution is -2.25. The molecule has 2 aromatic heterocycles. The van der Waals surface area contributed by atoms with E-state index in [9.17, 15) is 4.79 Å². The average molecular weight is 275 g/mol. The third kappa shape index (κ3) is 3.86. The maximum absolute atomic E-state index is 11.9. The Labute approximate surface area is 116 Å². The molecule has 2 rings (SSSR count). The number of aromatic nitrogens is 2. The molecule has 0 spiro atoms. The molecule has 0 saturated heterocycles. The van der Waals surface area contributed by atoms with Crippen LogP contribution >= 0.6 is 11.3 Å². The van der Waals surface area contributed by atoms with Gasteiger partial charge in [0.15, 0.2) is 0 Å². The molecule has 2 heterocycles. The summed E-state index contributed by atoms with van der Waals surface area (Å²) in [6.45, 7) is 4.95. The normalized spacial score (nSPS) is 10.7. The van der Waals surface area contributed by atoms with Gasteiger partial charge in [0.05, 0.1) is 5.69 Å². The van der Waals surface area contributed by atoms with Gasteiger partial charge < -0.3 is 5.32 Å². The van der Waals surface area contributed by atoms with Gasteiger partial charge in [-0.15, -0.1) is 11.3 Å². The number of thiazole rings is 1. The van der Waals surface area contributed by atoms with E-state index in [0.717, 1.165) is 17.1 Å². The summed E-state index contributed by atoms with van der Waals surface area (Å²) >= 11 is 1.44. The second kappa shape index (κ2) is 6.43. The first-order chi connectivity index (χ1) is 9.16. The first-order valence-electron chi connectivity index (χ1n) is 6.32. The molecule has 0 atom stereocenters. The van der Waals surface area contributed by atoms with Crippen molar-refractivity contribution in [1.29, 1.82) is 0 Å². The summed E-state index contributed by atoms with van der Waals surface area (Å²) in [6.07, 6.45) is 2.70. The van der Waals surface area contributed by atoms with E-state index in [4.69, 9.17) is 0 Å². The summed E-state index contributed by atoms with van der Waals surface area (Å²) in [5.74, 6) is 0.471. The maximum Gasteiger partial charge on any atom is 0.270 e. The van der Waals surface area contributed by atoms with Gasteiger partial charge in [-0.3, -0.25) is 9.78 Å². The number of carbonyl (C=O) groups excluding carboxylic acids is 1. The van der Waals surface area contributed by atoms with Crippen molar-refractivity contribution in [3.05, 3.63) is 35.5 Å². The molecule has 19 heavy (non-hydrogen) atoms. The molecule has 0 unspecified atom stereocenters. The highest BCUT2D eigenvalue weighted by molar-refractivity contribution is 7.13. The van der Waals surface area contributed by atoms with Crippen molar-refractivity contribution in [2.24, 2.45) is 5.92 Å². The number of rotatable bonds is 5. The van der Waals surface area contributed by atoms with Crippen molar-refractivity contribution in [2.45, 2.75) is 20.3 Å². The Bertz CT molecular complexity index is 537. The van der Waals surface area contributed by atoms with Crippen molar-refractivity contribution in [3.63, 3.8) is 0 Å². The average Bonchev–Trinajstić information content (AvgIpc) is 2.89. The summed E-state index contributed by atoms with van der Waals surface area (Å²) < 4.78 is 0. The van der Waals surface area contributed by atoms with Gasteiger partial charge in [0.25, 0.3) is 5.91 Å². The van der Waals surface area contributed by atoms with Gasteiger partial charge in [-0.1, -0.05) is 19.9 Å². The molecular formula is C14H17N3OS. The Morgan fingerprint density at radius 1 is 1.42 bits per heavy atom. The van der Waals surface area contributed by atoms with E-state index in [1.807, 2.05) is 18.2 Å². The number of nitrogens with zero attached hydrogens (tertiary/aromatic N) is 2. The van der Waals surface area contributed by atoms with Gasteiger partial charge in [0.1, 0.15) is 10.7 Å². The predicted molar refractivity (Wildman–Crippen MR) is 77.1 cm³/mol. The Kier molecular flexibility index (Phi) is 4.63. The molecule has 1 amide bonds. The van der Waals surface area contributed by atoms with Gasteiger partial charge >= 0.3 is 0 Å². The standard InChI is InChI=1S/C14H17N3OS/c1-10(2)6-8-16-13(18)12-9-19-14(17-12)11-5-3-4-7-15-11/h3-5,7,9-10H,6,8H2,1-2H3,(H,16,18). The minimum atomic E-state index is -0.112. The summed E-state index contributed by atoms with van der Waals surface area (Å²) in [7, 11) is 0. The molecule has 0 bridgehead atoms. The second-order valence-electron chi connectivity index (χ2n) is 4.69. The molecule has 2 aromatic rings. The zero-order valence-corrected chi connectivity index (χ0v) is 11.9. The fraction of sp³-hybridized carbons (Fsp3) is 0.357. The lowest BCUT2D eigenvalue weighted by Gasteiger charge is -2.05. The molecule has 4 nitrogen and oxygen atoms in total. The van der Waals surface area contributed by atoms with E-state index >= 15 is 0 Å².